The number of ketones is 2. The molecule has 9 atom stereocenters. The Labute approximate surface area is 453 Å². The fraction of sp³-hybridized carbons (Fsp3) is 0.542. The number of fused-ring (bicyclic) bond motifs is 1. The second kappa shape index (κ2) is 28.2. The first-order valence-corrected chi connectivity index (χ1v) is 24.4. The maximum absolute atomic E-state index is 12.9. The number of carbonyl (C=O) groups excluding carboxylic acids is 6. The number of Topliss-reactive ketones (excluding diaryl/α,β-unsaturated/α-hetero) is 1. The Morgan fingerprint density at radius 3 is 2.40 bits per heavy atom. The first kappa shape index (κ1) is 56.8. The van der Waals surface area contributed by atoms with Crippen molar-refractivity contribution in [3.63, 3.8) is 0 Å². The molecule has 0 unspecified atom stereocenters. The van der Waals surface area contributed by atoms with E-state index in [1.807, 2.05) is 18.2 Å². The topological polar surface area (TPSA) is 306 Å². The molecule has 0 aromatic heterocycles. The minimum absolute atomic E-state index is 0. The quantitative estimate of drug-likeness (QED) is 0.00684. The largest absolute Gasteiger partial charge is 1.00 e. The van der Waals surface area contributed by atoms with Crippen LogP contribution in [0.1, 0.15) is 85.7 Å². The van der Waals surface area contributed by atoms with Gasteiger partial charge in [0.25, 0.3) is 0 Å². The number of aliphatic carboxylic acids is 1. The number of hydrogen-bond donors (Lipinski definition) is 9. The molecule has 3 aliphatic heterocycles. The van der Waals surface area contributed by atoms with Crippen LogP contribution in [0.15, 0.2) is 71.7 Å². The van der Waals surface area contributed by atoms with Gasteiger partial charge < -0.3 is 56.5 Å². The molecular formula is C48H62KN7O13S. The van der Waals surface area contributed by atoms with E-state index in [0.717, 1.165) is 18.6 Å². The van der Waals surface area contributed by atoms with Crippen LogP contribution in [0.2, 0.25) is 0 Å². The van der Waals surface area contributed by atoms with Crippen LogP contribution in [0.4, 0.5) is 4.79 Å². The van der Waals surface area contributed by atoms with Crippen LogP contribution in [0.25, 0.3) is 0 Å². The van der Waals surface area contributed by atoms with Crippen molar-refractivity contribution in [3.05, 3.63) is 83.4 Å². The number of aliphatic hydroxyl groups excluding tert-OH is 1. The summed E-state index contributed by atoms with van der Waals surface area (Å²) in [5.74, 6) is -3.19. The van der Waals surface area contributed by atoms with Crippen molar-refractivity contribution in [2.75, 3.05) is 38.5 Å². The molecule has 2 aromatic rings. The SMILES string of the molecule is O=C(O)C[C@@H]1CCC(=O)[C@H]1C/C=C\CCO[C@H]1C[C@@H](O)[C@@](O)(NCc2ccc(C(=O)c3ccccc3)cc2)[C@@H](CNC(=O)CNC(=O)CNC(=O)CN=C([O-])CCCC[C@@H]2SC[C@@H]3NC(=O)N[C@@H]32)O1.[K+]. The molecule has 0 spiro atoms. The summed E-state index contributed by atoms with van der Waals surface area (Å²) >= 11 is 1.79. The summed E-state index contributed by atoms with van der Waals surface area (Å²) in [6.45, 7) is -1.63. The van der Waals surface area contributed by atoms with E-state index >= 15 is 0 Å². The number of hydrogen-bond acceptors (Lipinski definition) is 15. The van der Waals surface area contributed by atoms with Gasteiger partial charge in [0.05, 0.1) is 31.8 Å². The Balaban J connectivity index is 0.00000913. The molecule has 22 heteroatoms. The number of carbonyl (C=O) groups is 7. The molecule has 3 heterocycles. The fourth-order valence-corrected chi connectivity index (χ4v) is 10.4. The van der Waals surface area contributed by atoms with E-state index in [0.29, 0.717) is 48.8 Å². The minimum atomic E-state index is -2.11. The van der Waals surface area contributed by atoms with Crippen LogP contribution in [0, 0.1) is 11.8 Å². The molecule has 4 fully saturated rings. The predicted molar refractivity (Wildman–Crippen MR) is 250 cm³/mol. The number of rotatable bonds is 26. The first-order valence-electron chi connectivity index (χ1n) is 23.4. The van der Waals surface area contributed by atoms with E-state index in [1.165, 1.54) is 0 Å². The van der Waals surface area contributed by atoms with Crippen molar-refractivity contribution in [1.29, 1.82) is 0 Å². The van der Waals surface area contributed by atoms with Gasteiger partial charge in [0.1, 0.15) is 24.5 Å². The Hall–Kier alpha value is -4.07. The van der Waals surface area contributed by atoms with Crippen LogP contribution in [-0.4, -0.2) is 143 Å². The van der Waals surface area contributed by atoms with Gasteiger partial charge in [0, 0.05) is 60.4 Å². The third-order valence-electron chi connectivity index (χ3n) is 12.7. The second-order valence-corrected chi connectivity index (χ2v) is 18.9. The number of aliphatic hydroxyl groups is 2. The van der Waals surface area contributed by atoms with Gasteiger partial charge in [-0.1, -0.05) is 73.2 Å². The van der Waals surface area contributed by atoms with Crippen molar-refractivity contribution in [2.45, 2.75) is 112 Å². The third-order valence-corrected chi connectivity index (χ3v) is 14.2. The number of unbranched alkanes of at least 4 members (excludes halogenated alkanes) is 1. The summed E-state index contributed by atoms with van der Waals surface area (Å²) in [7, 11) is 0. The average molecular weight is 1020 g/mol. The molecule has 0 bridgehead atoms. The average Bonchev–Trinajstić information content (AvgIpc) is 4.01. The summed E-state index contributed by atoms with van der Waals surface area (Å²) in [6.07, 6.45) is 3.81. The molecule has 0 radical (unpaired) electrons. The number of thioether (sulfide) groups is 1. The number of carboxylic acid groups (broad SMARTS) is 1. The van der Waals surface area contributed by atoms with E-state index in [-0.39, 0.29) is 137 Å². The van der Waals surface area contributed by atoms with Gasteiger partial charge in [-0.05, 0) is 55.9 Å². The zero-order chi connectivity index (χ0) is 49.3. The van der Waals surface area contributed by atoms with Crippen molar-refractivity contribution in [2.24, 2.45) is 16.8 Å². The number of nitrogens with one attached hydrogen (secondary N) is 6. The van der Waals surface area contributed by atoms with Crippen molar-refractivity contribution in [1.82, 2.24) is 31.9 Å². The van der Waals surface area contributed by atoms with E-state index < -0.39 is 73.4 Å². The van der Waals surface area contributed by atoms with Gasteiger partial charge >= 0.3 is 63.4 Å². The molecule has 1 saturated carbocycles. The Bertz CT molecular complexity index is 2190. The predicted octanol–water partition coefficient (Wildman–Crippen LogP) is -2.57. The van der Waals surface area contributed by atoms with E-state index in [1.54, 1.807) is 60.3 Å². The Morgan fingerprint density at radius 1 is 0.943 bits per heavy atom. The number of benzene rings is 2. The smallest absolute Gasteiger partial charge is 0.862 e. The standard InChI is InChI=1S/C48H63N7O13S.K/c56-35-19-18-32(21-43(62)63)33(35)11-5-2-8-20-67-44-22-37(57)48(66,53-23-29-14-16-31(17-15-29)46(64)30-9-3-1-4-10-30)38(68-44)24-49-40(59)26-51-42(61)27-52-41(60)25-50-39(58)13-7-6-12-36-45-34(28-69-36)54-47(65)55-45;/h1-5,9-10,14-17,32-34,36-38,44-45,53,57,66H,6-8,11-13,18-28H2,(H,49,59)(H,50,58)(H,51,61)(H,52,60)(H,62,63)(H2,54,55,65);/q;+1/p-1/b5-2-;/t32-,33-,34-,36-,37+,38+,44+,45-,48-;/m0./s1. The molecule has 20 nitrogen and oxygen atoms in total. The summed E-state index contributed by atoms with van der Waals surface area (Å²) < 4.78 is 12.0. The normalized spacial score (nSPS) is 26.2. The zero-order valence-electron chi connectivity index (χ0n) is 39.3. The molecule has 5 amide bonds. The van der Waals surface area contributed by atoms with Crippen LogP contribution in [0.3, 0.4) is 0 Å². The van der Waals surface area contributed by atoms with Crippen LogP contribution in [-0.2, 0) is 40.0 Å². The van der Waals surface area contributed by atoms with Gasteiger partial charge in [-0.2, -0.15) is 11.8 Å². The number of amides is 5. The van der Waals surface area contributed by atoms with E-state index in [9.17, 15) is 54.0 Å². The number of allylic oxidation sites excluding steroid dienone is 1. The van der Waals surface area contributed by atoms with Gasteiger partial charge in [-0.25, -0.2) is 4.79 Å². The molecule has 9 N–H and O–H groups in total. The van der Waals surface area contributed by atoms with Crippen molar-refractivity contribution >= 4 is 58.9 Å². The maximum atomic E-state index is 12.9. The number of carboxylic acids is 1. The third kappa shape index (κ3) is 17.0. The second-order valence-electron chi connectivity index (χ2n) is 17.6. The molecule has 70 heavy (non-hydrogen) atoms. The summed E-state index contributed by atoms with van der Waals surface area (Å²) in [6, 6.07) is 15.6. The number of aliphatic imine (C=N–C) groups is 1. The van der Waals surface area contributed by atoms with E-state index in [2.05, 4.69) is 36.9 Å². The van der Waals surface area contributed by atoms with Crippen LogP contribution in [0.5, 0.6) is 0 Å². The molecule has 6 rings (SSSR count). The fourth-order valence-electron chi connectivity index (χ4n) is 8.88. The van der Waals surface area contributed by atoms with E-state index in [4.69, 9.17) is 9.47 Å². The summed E-state index contributed by atoms with van der Waals surface area (Å²) in [4.78, 5) is 89.6. The molecular weight excluding hydrogens is 954 g/mol. The van der Waals surface area contributed by atoms with Crippen molar-refractivity contribution < 1.29 is 115 Å². The minimum Gasteiger partial charge on any atom is -0.862 e. The number of urea groups is 1. The summed E-state index contributed by atoms with van der Waals surface area (Å²) in [5.41, 5.74) is -0.455. The van der Waals surface area contributed by atoms with Crippen molar-refractivity contribution in [3.8, 4) is 0 Å². The van der Waals surface area contributed by atoms with Gasteiger partial charge in [-0.15, -0.1) is 0 Å². The summed E-state index contributed by atoms with van der Waals surface area (Å²) in [5, 5.41) is 61.1. The van der Waals surface area contributed by atoms with Crippen LogP contribution < -0.4 is 88.4 Å². The first-order chi connectivity index (χ1) is 33.2. The maximum Gasteiger partial charge on any atom is 1.00 e. The Morgan fingerprint density at radius 2 is 1.66 bits per heavy atom. The zero-order valence-corrected chi connectivity index (χ0v) is 43.2. The van der Waals surface area contributed by atoms with Gasteiger partial charge in [0.15, 0.2) is 17.8 Å². The van der Waals surface area contributed by atoms with Gasteiger partial charge in [-0.3, -0.25) is 39.1 Å². The molecule has 374 valence electrons. The molecule has 3 saturated heterocycles. The Kier molecular flexibility index (Phi) is 22.9. The molecule has 4 aliphatic rings. The van der Waals surface area contributed by atoms with Gasteiger partial charge in [0.2, 0.25) is 17.7 Å². The monoisotopic (exact) mass is 1020 g/mol. The van der Waals surface area contributed by atoms with Crippen LogP contribution >= 0.6 is 11.8 Å². The molecule has 2 aromatic carbocycles. The number of nitrogens with zero attached hydrogens (tertiary/aromatic N) is 1. The number of ether oxygens (including phenoxy) is 2. The molecule has 1 aliphatic carbocycles.